The molecular weight excluding hydrogens is 264 g/mol. The molecule has 0 radical (unpaired) electrons. The first-order valence-electron chi connectivity index (χ1n) is 5.64. The molecule has 1 rings (SSSR count). The van der Waals surface area contributed by atoms with Crippen molar-refractivity contribution in [1.82, 2.24) is 5.32 Å². The van der Waals surface area contributed by atoms with Gasteiger partial charge in [0.2, 0.25) is 5.91 Å². The average molecular weight is 279 g/mol. The van der Waals surface area contributed by atoms with Crippen molar-refractivity contribution in [2.45, 2.75) is 20.8 Å². The Kier molecular flexibility index (Phi) is 4.61. The predicted molar refractivity (Wildman–Crippen MR) is 74.6 cm³/mol. The number of benzene rings is 1. The van der Waals surface area contributed by atoms with Gasteiger partial charge in [0.1, 0.15) is 0 Å². The molecule has 5 nitrogen and oxygen atoms in total. The fourth-order valence-corrected chi connectivity index (χ4v) is 1.35. The van der Waals surface area contributed by atoms with Crippen LogP contribution in [0.5, 0.6) is 0 Å². The summed E-state index contributed by atoms with van der Waals surface area (Å²) in [5.41, 5.74) is 0.129. The van der Waals surface area contributed by atoms with E-state index in [-0.39, 0.29) is 16.6 Å². The Bertz CT molecular complexity index is 504. The molecule has 1 aromatic rings. The van der Waals surface area contributed by atoms with E-state index in [0.29, 0.717) is 5.69 Å². The molecule has 1 amide bonds. The van der Waals surface area contributed by atoms with Crippen molar-refractivity contribution in [1.29, 1.82) is 0 Å². The third-order valence-electron chi connectivity index (χ3n) is 2.29. The maximum Gasteiger partial charge on any atom is 0.231 e. The number of hydrogen-bond donors (Lipinski definition) is 2. The number of anilines is 1. The smallest absolute Gasteiger partial charge is 0.231 e. The SMILES string of the molecule is CC(C)(C)C(=O)NC(=S)Nc1ccc(C(=O)[O-])cc1. The monoisotopic (exact) mass is 279 g/mol. The van der Waals surface area contributed by atoms with Gasteiger partial charge in [-0.3, -0.25) is 4.79 Å². The maximum absolute atomic E-state index is 11.7. The van der Waals surface area contributed by atoms with Gasteiger partial charge in [-0.1, -0.05) is 32.9 Å². The zero-order valence-corrected chi connectivity index (χ0v) is 11.8. The number of hydrogen-bond acceptors (Lipinski definition) is 4. The lowest BCUT2D eigenvalue weighted by Gasteiger charge is -2.18. The summed E-state index contributed by atoms with van der Waals surface area (Å²) in [5, 5.41) is 16.1. The third kappa shape index (κ3) is 4.67. The van der Waals surface area contributed by atoms with Crippen molar-refractivity contribution in [3.63, 3.8) is 0 Å². The van der Waals surface area contributed by atoms with E-state index in [0.717, 1.165) is 0 Å². The van der Waals surface area contributed by atoms with Crippen LogP contribution in [0, 0.1) is 5.41 Å². The van der Waals surface area contributed by atoms with Crippen LogP contribution < -0.4 is 15.7 Å². The Morgan fingerprint density at radius 1 is 1.16 bits per heavy atom. The number of thiocarbonyl (C=S) groups is 1. The highest BCUT2D eigenvalue weighted by Gasteiger charge is 2.21. The fraction of sp³-hybridized carbons (Fsp3) is 0.308. The molecule has 0 atom stereocenters. The third-order valence-corrected chi connectivity index (χ3v) is 2.49. The first kappa shape index (κ1) is 15.1. The number of carboxylic acids is 1. The van der Waals surface area contributed by atoms with E-state index in [4.69, 9.17) is 12.2 Å². The molecule has 0 fully saturated rings. The minimum absolute atomic E-state index is 0.0789. The number of carbonyl (C=O) groups excluding carboxylic acids is 2. The molecule has 0 saturated heterocycles. The minimum Gasteiger partial charge on any atom is -0.545 e. The van der Waals surface area contributed by atoms with Crippen molar-refractivity contribution in [3.05, 3.63) is 29.8 Å². The van der Waals surface area contributed by atoms with E-state index in [1.165, 1.54) is 12.1 Å². The van der Waals surface area contributed by atoms with Gasteiger partial charge in [0, 0.05) is 11.1 Å². The molecule has 0 aliphatic rings. The van der Waals surface area contributed by atoms with E-state index in [9.17, 15) is 14.7 Å². The highest BCUT2D eigenvalue weighted by atomic mass is 32.1. The molecule has 0 spiro atoms. The fourth-order valence-electron chi connectivity index (χ4n) is 1.14. The number of carboxylic acid groups (broad SMARTS) is 1. The molecule has 1 aromatic carbocycles. The van der Waals surface area contributed by atoms with E-state index >= 15 is 0 Å². The van der Waals surface area contributed by atoms with Crippen molar-refractivity contribution in [2.24, 2.45) is 5.41 Å². The van der Waals surface area contributed by atoms with Gasteiger partial charge < -0.3 is 20.5 Å². The van der Waals surface area contributed by atoms with E-state index < -0.39 is 11.4 Å². The Balaban J connectivity index is 2.63. The zero-order chi connectivity index (χ0) is 14.6. The quantitative estimate of drug-likeness (QED) is 0.786. The summed E-state index contributed by atoms with van der Waals surface area (Å²) in [5.74, 6) is -1.44. The normalized spacial score (nSPS) is 10.7. The molecule has 0 aliphatic carbocycles. The number of amides is 1. The van der Waals surface area contributed by atoms with Crippen LogP contribution >= 0.6 is 12.2 Å². The second kappa shape index (κ2) is 5.79. The Morgan fingerprint density at radius 3 is 2.11 bits per heavy atom. The number of aromatic carboxylic acids is 1. The largest absolute Gasteiger partial charge is 0.545 e. The maximum atomic E-state index is 11.7. The van der Waals surface area contributed by atoms with Gasteiger partial charge in [-0.2, -0.15) is 0 Å². The molecule has 0 saturated carbocycles. The Labute approximate surface area is 117 Å². The molecule has 0 aliphatic heterocycles. The number of carbonyl (C=O) groups is 2. The van der Waals surface area contributed by atoms with Crippen LogP contribution in [0.15, 0.2) is 24.3 Å². The van der Waals surface area contributed by atoms with Gasteiger partial charge in [-0.15, -0.1) is 0 Å². The van der Waals surface area contributed by atoms with Gasteiger partial charge in [0.25, 0.3) is 0 Å². The summed E-state index contributed by atoms with van der Waals surface area (Å²) in [4.78, 5) is 22.3. The van der Waals surface area contributed by atoms with Crippen LogP contribution in [0.3, 0.4) is 0 Å². The molecule has 6 heteroatoms. The molecule has 19 heavy (non-hydrogen) atoms. The first-order chi connectivity index (χ1) is 8.70. The zero-order valence-electron chi connectivity index (χ0n) is 10.9. The molecule has 102 valence electrons. The molecule has 0 bridgehead atoms. The topological polar surface area (TPSA) is 81.3 Å². The van der Waals surface area contributed by atoms with E-state index in [1.807, 2.05) is 0 Å². The van der Waals surface area contributed by atoms with Gasteiger partial charge in [0.15, 0.2) is 5.11 Å². The summed E-state index contributed by atoms with van der Waals surface area (Å²) in [6.07, 6.45) is 0. The Hall–Kier alpha value is -1.95. The van der Waals surface area contributed by atoms with Gasteiger partial charge in [0.05, 0.1) is 5.97 Å². The van der Waals surface area contributed by atoms with Crippen molar-refractivity contribution < 1.29 is 14.7 Å². The predicted octanol–water partition coefficient (Wildman–Crippen LogP) is 0.909. The van der Waals surface area contributed by atoms with Crippen LogP contribution in [0.25, 0.3) is 0 Å². The summed E-state index contributed by atoms with van der Waals surface area (Å²) in [6, 6.07) is 5.87. The highest BCUT2D eigenvalue weighted by Crippen LogP contribution is 2.13. The summed E-state index contributed by atoms with van der Waals surface area (Å²) >= 11 is 4.99. The summed E-state index contributed by atoms with van der Waals surface area (Å²) in [6.45, 7) is 5.33. The van der Waals surface area contributed by atoms with Crippen LogP contribution in [-0.4, -0.2) is 17.0 Å². The standard InChI is InChI=1S/C13H16N2O3S/c1-13(2,3)11(18)15-12(19)14-9-6-4-8(5-7-9)10(16)17/h4-7H,1-3H3,(H,16,17)(H2,14,15,18,19)/p-1. The molecule has 0 aromatic heterocycles. The summed E-state index contributed by atoms with van der Waals surface area (Å²) in [7, 11) is 0. The lowest BCUT2D eigenvalue weighted by Crippen LogP contribution is -2.41. The van der Waals surface area contributed by atoms with E-state index in [1.54, 1.807) is 32.9 Å². The lowest BCUT2D eigenvalue weighted by molar-refractivity contribution is -0.255. The van der Waals surface area contributed by atoms with Crippen LogP contribution in [0.2, 0.25) is 0 Å². The van der Waals surface area contributed by atoms with Crippen LogP contribution in [-0.2, 0) is 4.79 Å². The second-order valence-electron chi connectivity index (χ2n) is 5.02. The number of rotatable bonds is 2. The van der Waals surface area contributed by atoms with Gasteiger partial charge >= 0.3 is 0 Å². The van der Waals surface area contributed by atoms with Crippen molar-refractivity contribution in [2.75, 3.05) is 5.32 Å². The molecule has 0 unspecified atom stereocenters. The lowest BCUT2D eigenvalue weighted by atomic mass is 9.96. The minimum atomic E-state index is -1.24. The average Bonchev–Trinajstić information content (AvgIpc) is 2.28. The van der Waals surface area contributed by atoms with Crippen LogP contribution in [0.4, 0.5) is 5.69 Å². The van der Waals surface area contributed by atoms with Crippen molar-refractivity contribution >= 4 is 34.9 Å². The number of nitrogens with one attached hydrogen (secondary N) is 2. The van der Waals surface area contributed by atoms with E-state index in [2.05, 4.69) is 10.6 Å². The molecular formula is C13H15N2O3S-. The Morgan fingerprint density at radius 2 is 1.68 bits per heavy atom. The van der Waals surface area contributed by atoms with Crippen molar-refractivity contribution in [3.8, 4) is 0 Å². The highest BCUT2D eigenvalue weighted by molar-refractivity contribution is 7.80. The van der Waals surface area contributed by atoms with Gasteiger partial charge in [-0.05, 0) is 29.9 Å². The van der Waals surface area contributed by atoms with Crippen LogP contribution in [0.1, 0.15) is 31.1 Å². The molecule has 2 N–H and O–H groups in total. The summed E-state index contributed by atoms with van der Waals surface area (Å²) < 4.78 is 0. The first-order valence-corrected chi connectivity index (χ1v) is 6.05. The van der Waals surface area contributed by atoms with Gasteiger partial charge in [-0.25, -0.2) is 0 Å². The molecule has 0 heterocycles. The second-order valence-corrected chi connectivity index (χ2v) is 5.43.